The third-order valence-electron chi connectivity index (χ3n) is 7.44. The van der Waals surface area contributed by atoms with Gasteiger partial charge < -0.3 is 10.4 Å². The molecule has 2 N–H and O–H groups in total. The number of nitrogens with zero attached hydrogens (tertiary/aromatic N) is 2. The normalized spacial score (nSPS) is 16.9. The first kappa shape index (κ1) is 29.7. The van der Waals surface area contributed by atoms with Crippen molar-refractivity contribution >= 4 is 21.6 Å². The molecule has 1 fully saturated rings. The van der Waals surface area contributed by atoms with Gasteiger partial charge in [0.25, 0.3) is 5.69 Å². The molecule has 0 spiro atoms. The Morgan fingerprint density at radius 3 is 2.21 bits per heavy atom. The molecule has 0 unspecified atom stereocenters. The first-order valence-electron chi connectivity index (χ1n) is 13.3. The van der Waals surface area contributed by atoms with Crippen LogP contribution in [-0.2, 0) is 21.2 Å². The van der Waals surface area contributed by atoms with Crippen molar-refractivity contribution in [3.8, 4) is 0 Å². The van der Waals surface area contributed by atoms with Gasteiger partial charge in [-0.1, -0.05) is 63.9 Å². The van der Waals surface area contributed by atoms with Crippen LogP contribution in [0.15, 0.2) is 59.5 Å². The standard InChI is InChI=1S/C28H39N3O6S/c1-4-28(16-8-9-17-28)27(33)29-25(18-22-10-6-5-7-11-22)26(32)20-30(19-21(2)3)38(36,37)24-14-12-23(13-15-24)31(34)35/h5-7,10-15,21,25-26,32H,4,8-9,16-20H2,1-3H3,(H,29,33)/t25-,26-/m0/s1. The van der Waals surface area contributed by atoms with E-state index in [1.807, 2.05) is 51.1 Å². The lowest BCUT2D eigenvalue weighted by Crippen LogP contribution is -2.53. The Morgan fingerprint density at radius 2 is 1.68 bits per heavy atom. The number of rotatable bonds is 13. The van der Waals surface area contributed by atoms with Gasteiger partial charge >= 0.3 is 0 Å². The largest absolute Gasteiger partial charge is 0.390 e. The number of non-ortho nitro benzene ring substituents is 1. The summed E-state index contributed by atoms with van der Waals surface area (Å²) in [5.41, 5.74) is 0.251. The van der Waals surface area contributed by atoms with Gasteiger partial charge in [0.05, 0.1) is 22.0 Å². The molecule has 0 aromatic heterocycles. The van der Waals surface area contributed by atoms with E-state index >= 15 is 0 Å². The Labute approximate surface area is 225 Å². The van der Waals surface area contributed by atoms with Crippen LogP contribution in [0.3, 0.4) is 0 Å². The summed E-state index contributed by atoms with van der Waals surface area (Å²) in [6, 6.07) is 13.5. The van der Waals surface area contributed by atoms with Crippen molar-refractivity contribution < 1.29 is 23.2 Å². The average Bonchev–Trinajstić information content (AvgIpc) is 3.39. The Bertz CT molecular complexity index is 1180. The molecule has 0 radical (unpaired) electrons. The Balaban J connectivity index is 1.88. The van der Waals surface area contributed by atoms with Crippen LogP contribution in [0, 0.1) is 21.4 Å². The van der Waals surface area contributed by atoms with Crippen molar-refractivity contribution in [2.75, 3.05) is 13.1 Å². The third-order valence-corrected chi connectivity index (χ3v) is 9.29. The maximum Gasteiger partial charge on any atom is 0.269 e. The van der Waals surface area contributed by atoms with Gasteiger partial charge in [0, 0.05) is 30.6 Å². The average molecular weight is 546 g/mol. The number of nitrogens with one attached hydrogen (secondary N) is 1. The molecule has 2 aromatic rings. The summed E-state index contributed by atoms with van der Waals surface area (Å²) < 4.78 is 28.3. The molecule has 1 aliphatic rings. The zero-order chi connectivity index (χ0) is 27.9. The van der Waals surface area contributed by atoms with Gasteiger partial charge in [0.15, 0.2) is 0 Å². The second-order valence-corrected chi connectivity index (χ2v) is 12.6. The van der Waals surface area contributed by atoms with Crippen LogP contribution in [-0.4, -0.2) is 53.9 Å². The summed E-state index contributed by atoms with van der Waals surface area (Å²) in [5, 5.41) is 25.5. The molecular weight excluding hydrogens is 506 g/mol. The maximum absolute atomic E-state index is 13.6. The lowest BCUT2D eigenvalue weighted by molar-refractivity contribution is -0.384. The molecular formula is C28H39N3O6S. The molecule has 0 bridgehead atoms. The molecule has 2 aromatic carbocycles. The van der Waals surface area contributed by atoms with Crippen LogP contribution < -0.4 is 5.32 Å². The van der Waals surface area contributed by atoms with Gasteiger partial charge in [-0.15, -0.1) is 0 Å². The minimum absolute atomic E-state index is 0.0426. The minimum Gasteiger partial charge on any atom is -0.390 e. The van der Waals surface area contributed by atoms with E-state index in [2.05, 4.69) is 5.32 Å². The van der Waals surface area contributed by atoms with Crippen molar-refractivity contribution in [2.24, 2.45) is 11.3 Å². The number of hydrogen-bond donors (Lipinski definition) is 2. The summed E-state index contributed by atoms with van der Waals surface area (Å²) in [6.07, 6.45) is 3.46. The van der Waals surface area contributed by atoms with Gasteiger partial charge in [-0.25, -0.2) is 8.42 Å². The van der Waals surface area contributed by atoms with Gasteiger partial charge in [0.1, 0.15) is 0 Å². The van der Waals surface area contributed by atoms with Crippen LogP contribution in [0.4, 0.5) is 5.69 Å². The fourth-order valence-corrected chi connectivity index (χ4v) is 6.79. The van der Waals surface area contributed by atoms with E-state index in [1.54, 1.807) is 0 Å². The molecule has 9 nitrogen and oxygen atoms in total. The summed E-state index contributed by atoms with van der Waals surface area (Å²) in [6.45, 7) is 5.67. The van der Waals surface area contributed by atoms with Crippen LogP contribution in [0.2, 0.25) is 0 Å². The number of nitro groups is 1. The SMILES string of the molecule is CCC1(C(=O)N[C@@H](Cc2ccccc2)[C@@H](O)CN(CC(C)C)S(=O)(=O)c2ccc([N+](=O)[O-])cc2)CCCC1. The first-order chi connectivity index (χ1) is 18.0. The predicted molar refractivity (Wildman–Crippen MR) is 146 cm³/mol. The van der Waals surface area contributed by atoms with Crippen LogP contribution in [0.5, 0.6) is 0 Å². The van der Waals surface area contributed by atoms with Crippen molar-refractivity contribution in [1.82, 2.24) is 9.62 Å². The summed E-state index contributed by atoms with van der Waals surface area (Å²) in [4.78, 5) is 23.8. The highest BCUT2D eigenvalue weighted by molar-refractivity contribution is 7.89. The Morgan fingerprint density at radius 1 is 1.08 bits per heavy atom. The van der Waals surface area contributed by atoms with E-state index in [1.165, 1.54) is 16.4 Å². The number of aliphatic hydroxyl groups is 1. The lowest BCUT2D eigenvalue weighted by Gasteiger charge is -2.34. The number of benzene rings is 2. The fourth-order valence-electron chi connectivity index (χ4n) is 5.17. The fraction of sp³-hybridized carbons (Fsp3) is 0.536. The summed E-state index contributed by atoms with van der Waals surface area (Å²) >= 11 is 0. The second-order valence-electron chi connectivity index (χ2n) is 10.6. The second kappa shape index (κ2) is 12.8. The van der Waals surface area contributed by atoms with Gasteiger partial charge in [-0.05, 0) is 49.3 Å². The number of nitro benzene ring substituents is 1. The van der Waals surface area contributed by atoms with Crippen molar-refractivity contribution in [1.29, 1.82) is 0 Å². The van der Waals surface area contributed by atoms with E-state index in [9.17, 15) is 28.4 Å². The van der Waals surface area contributed by atoms with Gasteiger partial charge in [0.2, 0.25) is 15.9 Å². The molecule has 208 valence electrons. The molecule has 0 heterocycles. The van der Waals surface area contributed by atoms with E-state index in [-0.39, 0.29) is 35.5 Å². The maximum atomic E-state index is 13.6. The molecule has 10 heteroatoms. The van der Waals surface area contributed by atoms with Crippen molar-refractivity contribution in [3.05, 3.63) is 70.3 Å². The van der Waals surface area contributed by atoms with Gasteiger partial charge in [-0.3, -0.25) is 14.9 Å². The highest BCUT2D eigenvalue weighted by Gasteiger charge is 2.41. The Kier molecular flexibility index (Phi) is 10.0. The monoisotopic (exact) mass is 545 g/mol. The Hall–Kier alpha value is -2.82. The number of amides is 1. The highest BCUT2D eigenvalue weighted by Crippen LogP contribution is 2.41. The molecule has 2 atom stereocenters. The van der Waals surface area contributed by atoms with E-state index in [0.717, 1.165) is 43.4 Å². The van der Waals surface area contributed by atoms with Gasteiger partial charge in [-0.2, -0.15) is 4.31 Å². The minimum atomic E-state index is -4.06. The molecule has 38 heavy (non-hydrogen) atoms. The molecule has 0 saturated heterocycles. The molecule has 0 aliphatic heterocycles. The van der Waals surface area contributed by atoms with E-state index < -0.39 is 32.5 Å². The quantitative estimate of drug-likeness (QED) is 0.285. The number of carbonyl (C=O) groups excluding carboxylic acids is 1. The topological polar surface area (TPSA) is 130 Å². The third kappa shape index (κ3) is 7.18. The molecule has 3 rings (SSSR count). The molecule has 1 amide bonds. The lowest BCUT2D eigenvalue weighted by atomic mass is 9.82. The van der Waals surface area contributed by atoms with Crippen molar-refractivity contribution in [3.63, 3.8) is 0 Å². The van der Waals surface area contributed by atoms with E-state index in [4.69, 9.17) is 0 Å². The number of hydrogen-bond acceptors (Lipinski definition) is 6. The van der Waals surface area contributed by atoms with Crippen LogP contribution in [0.25, 0.3) is 0 Å². The highest BCUT2D eigenvalue weighted by atomic mass is 32.2. The van der Waals surface area contributed by atoms with Crippen molar-refractivity contribution in [2.45, 2.75) is 76.3 Å². The summed E-state index contributed by atoms with van der Waals surface area (Å²) in [5.74, 6) is -0.134. The smallest absolute Gasteiger partial charge is 0.269 e. The molecule has 1 aliphatic carbocycles. The number of sulfonamides is 1. The first-order valence-corrected chi connectivity index (χ1v) is 14.7. The predicted octanol–water partition coefficient (Wildman–Crippen LogP) is 4.30. The van der Waals surface area contributed by atoms with Crippen LogP contribution in [0.1, 0.15) is 58.4 Å². The zero-order valence-electron chi connectivity index (χ0n) is 22.4. The molecule has 1 saturated carbocycles. The van der Waals surface area contributed by atoms with Crippen LogP contribution >= 0.6 is 0 Å². The summed E-state index contributed by atoms with van der Waals surface area (Å²) in [7, 11) is -4.06. The number of aliphatic hydroxyl groups excluding tert-OH is 1. The zero-order valence-corrected chi connectivity index (χ0v) is 23.2. The van der Waals surface area contributed by atoms with E-state index in [0.29, 0.717) is 12.8 Å². The number of carbonyl (C=O) groups is 1.